The van der Waals surface area contributed by atoms with Gasteiger partial charge >= 0.3 is 0 Å². The Kier molecular flexibility index (Phi) is 1.65. The first kappa shape index (κ1) is 6.04. The zero-order valence-corrected chi connectivity index (χ0v) is 4.65. The van der Waals surface area contributed by atoms with Crippen LogP contribution in [0.4, 0.5) is 0 Å². The molecule has 1 unspecified atom stereocenters. The van der Waals surface area contributed by atoms with Crippen LogP contribution in [0.5, 0.6) is 0 Å². The fourth-order valence-corrected chi connectivity index (χ4v) is 0.522. The van der Waals surface area contributed by atoms with E-state index in [1.807, 2.05) is 0 Å². The van der Waals surface area contributed by atoms with Gasteiger partial charge in [0.15, 0.2) is 6.29 Å². The van der Waals surface area contributed by atoms with E-state index in [1.54, 1.807) is 6.07 Å². The van der Waals surface area contributed by atoms with Gasteiger partial charge in [-0.15, -0.1) is 0 Å². The van der Waals surface area contributed by atoms with Gasteiger partial charge in [-0.2, -0.15) is 0 Å². The van der Waals surface area contributed by atoms with Crippen molar-refractivity contribution < 1.29 is 14.3 Å². The van der Waals surface area contributed by atoms with Gasteiger partial charge in [0.2, 0.25) is 0 Å². The first-order chi connectivity index (χ1) is 4.34. The van der Waals surface area contributed by atoms with Crippen molar-refractivity contribution in [2.75, 3.05) is 0 Å². The third-order valence-corrected chi connectivity index (χ3v) is 1.01. The Labute approximate surface area is 51.9 Å². The lowest BCUT2D eigenvalue weighted by atomic mass is 10.2. The molecule has 1 N–H and O–H groups in total. The van der Waals surface area contributed by atoms with Gasteiger partial charge in [-0.3, -0.25) is 0 Å². The molecule has 0 fully saturated rings. The highest BCUT2D eigenvalue weighted by molar-refractivity contribution is 5.58. The van der Waals surface area contributed by atoms with Crippen molar-refractivity contribution in [3.63, 3.8) is 0 Å². The van der Waals surface area contributed by atoms with Crippen LogP contribution in [0.2, 0.25) is 0 Å². The van der Waals surface area contributed by atoms with Crippen LogP contribution in [0.3, 0.4) is 0 Å². The van der Waals surface area contributed by atoms with Crippen molar-refractivity contribution in [1.82, 2.24) is 0 Å². The molecule has 9 heavy (non-hydrogen) atoms. The first-order valence-corrected chi connectivity index (χ1v) is 2.50. The second kappa shape index (κ2) is 2.46. The van der Waals surface area contributed by atoms with E-state index >= 15 is 0 Å². The molecule has 1 aromatic rings. The van der Waals surface area contributed by atoms with E-state index in [1.165, 1.54) is 12.5 Å². The molecule has 48 valence electrons. The van der Waals surface area contributed by atoms with E-state index in [9.17, 15) is 4.79 Å². The van der Waals surface area contributed by atoms with Crippen molar-refractivity contribution in [3.05, 3.63) is 24.2 Å². The number of hydrogen-bond acceptors (Lipinski definition) is 3. The maximum atomic E-state index is 9.91. The molecule has 3 heteroatoms. The van der Waals surface area contributed by atoms with Crippen molar-refractivity contribution in [2.24, 2.45) is 0 Å². The molecule has 0 aliphatic rings. The topological polar surface area (TPSA) is 50.4 Å². The molecule has 0 bridgehead atoms. The predicted octanol–water partition coefficient (Wildman–Crippen LogP) is 0.512. The molecule has 0 saturated carbocycles. The van der Waals surface area contributed by atoms with Crippen LogP contribution in [-0.2, 0) is 4.79 Å². The molecule has 0 saturated heterocycles. The molecular formula is C6H6O3. The summed E-state index contributed by atoms with van der Waals surface area (Å²) in [6.07, 6.45) is 2.15. The normalized spacial score (nSPS) is 13.0. The van der Waals surface area contributed by atoms with E-state index in [4.69, 9.17) is 5.11 Å². The number of aliphatic hydroxyl groups excluding tert-OH is 1. The standard InChI is InChI=1S/C6H6O3/c7-3-6(8)5-1-2-9-4-5/h1-4,6,8H. The number of carbonyl (C=O) groups is 1. The predicted molar refractivity (Wildman–Crippen MR) is 29.7 cm³/mol. The maximum absolute atomic E-state index is 9.91. The Morgan fingerprint density at radius 3 is 3.00 bits per heavy atom. The molecule has 0 radical (unpaired) electrons. The van der Waals surface area contributed by atoms with E-state index in [-0.39, 0.29) is 0 Å². The summed E-state index contributed by atoms with van der Waals surface area (Å²) in [6, 6.07) is 1.54. The molecule has 1 heterocycles. The molecule has 3 nitrogen and oxygen atoms in total. The number of rotatable bonds is 2. The summed E-state index contributed by atoms with van der Waals surface area (Å²) in [6.45, 7) is 0. The van der Waals surface area contributed by atoms with Gasteiger partial charge in [0, 0.05) is 5.56 Å². The van der Waals surface area contributed by atoms with Crippen LogP contribution in [-0.4, -0.2) is 11.4 Å². The zero-order valence-electron chi connectivity index (χ0n) is 4.65. The summed E-state index contributed by atoms with van der Waals surface area (Å²) in [5, 5.41) is 8.79. The summed E-state index contributed by atoms with van der Waals surface area (Å²) >= 11 is 0. The van der Waals surface area contributed by atoms with Gasteiger partial charge in [0.1, 0.15) is 6.10 Å². The smallest absolute Gasteiger partial charge is 0.153 e. The largest absolute Gasteiger partial charge is 0.472 e. The minimum Gasteiger partial charge on any atom is -0.472 e. The highest BCUT2D eigenvalue weighted by Crippen LogP contribution is 2.08. The van der Waals surface area contributed by atoms with Crippen molar-refractivity contribution >= 4 is 6.29 Å². The molecule has 1 rings (SSSR count). The van der Waals surface area contributed by atoms with Crippen LogP contribution >= 0.6 is 0 Å². The lowest BCUT2D eigenvalue weighted by Crippen LogP contribution is -1.94. The summed E-state index contributed by atoms with van der Waals surface area (Å²) in [7, 11) is 0. The number of furan rings is 1. The number of aliphatic hydroxyl groups is 1. The summed E-state index contributed by atoms with van der Waals surface area (Å²) in [4.78, 5) is 9.91. The van der Waals surface area contributed by atoms with E-state index in [0.29, 0.717) is 11.8 Å². The molecule has 0 spiro atoms. The van der Waals surface area contributed by atoms with Crippen LogP contribution < -0.4 is 0 Å². The average molecular weight is 126 g/mol. The summed E-state index contributed by atoms with van der Waals surface area (Å²) in [5.41, 5.74) is 0.491. The fourth-order valence-electron chi connectivity index (χ4n) is 0.522. The Morgan fingerprint density at radius 1 is 1.78 bits per heavy atom. The molecule has 1 atom stereocenters. The van der Waals surface area contributed by atoms with Gasteiger partial charge in [-0.05, 0) is 6.07 Å². The van der Waals surface area contributed by atoms with Crippen LogP contribution in [0.25, 0.3) is 0 Å². The molecule has 0 amide bonds. The minimum atomic E-state index is -1.04. The summed E-state index contributed by atoms with van der Waals surface area (Å²) < 4.78 is 4.62. The SMILES string of the molecule is O=CC(O)c1ccoc1. The van der Waals surface area contributed by atoms with Gasteiger partial charge < -0.3 is 14.3 Å². The Morgan fingerprint density at radius 2 is 2.56 bits per heavy atom. The van der Waals surface area contributed by atoms with Crippen LogP contribution in [0.1, 0.15) is 11.7 Å². The highest BCUT2D eigenvalue weighted by atomic mass is 16.3. The number of hydrogen-bond donors (Lipinski definition) is 1. The Hall–Kier alpha value is -1.09. The average Bonchev–Trinajstić information content (AvgIpc) is 2.37. The summed E-state index contributed by atoms with van der Waals surface area (Å²) in [5.74, 6) is 0. The van der Waals surface area contributed by atoms with Crippen molar-refractivity contribution in [1.29, 1.82) is 0 Å². The van der Waals surface area contributed by atoms with Gasteiger partial charge in [-0.25, -0.2) is 0 Å². The Balaban J connectivity index is 2.76. The fraction of sp³-hybridized carbons (Fsp3) is 0.167. The second-order valence-electron chi connectivity index (χ2n) is 1.64. The lowest BCUT2D eigenvalue weighted by molar-refractivity contribution is -0.115. The maximum Gasteiger partial charge on any atom is 0.153 e. The van der Waals surface area contributed by atoms with E-state index in [2.05, 4.69) is 4.42 Å². The zero-order chi connectivity index (χ0) is 6.69. The van der Waals surface area contributed by atoms with Crippen molar-refractivity contribution in [3.8, 4) is 0 Å². The van der Waals surface area contributed by atoms with Gasteiger partial charge in [0.05, 0.1) is 12.5 Å². The van der Waals surface area contributed by atoms with Gasteiger partial charge in [0.25, 0.3) is 0 Å². The highest BCUT2D eigenvalue weighted by Gasteiger charge is 2.04. The lowest BCUT2D eigenvalue weighted by Gasteiger charge is -1.93. The molecular weight excluding hydrogens is 120 g/mol. The van der Waals surface area contributed by atoms with Crippen molar-refractivity contribution in [2.45, 2.75) is 6.10 Å². The first-order valence-electron chi connectivity index (χ1n) is 2.50. The van der Waals surface area contributed by atoms with E-state index < -0.39 is 6.10 Å². The van der Waals surface area contributed by atoms with Crippen LogP contribution in [0.15, 0.2) is 23.0 Å². The number of aldehydes is 1. The third-order valence-electron chi connectivity index (χ3n) is 1.01. The third kappa shape index (κ3) is 1.17. The minimum absolute atomic E-state index is 0.449. The second-order valence-corrected chi connectivity index (χ2v) is 1.64. The van der Waals surface area contributed by atoms with Crippen LogP contribution in [0, 0.1) is 0 Å². The van der Waals surface area contributed by atoms with Gasteiger partial charge in [-0.1, -0.05) is 0 Å². The Bertz CT molecular complexity index is 178. The number of carbonyl (C=O) groups excluding carboxylic acids is 1. The molecule has 0 aliphatic carbocycles. The molecule has 0 aliphatic heterocycles. The monoisotopic (exact) mass is 126 g/mol. The quantitative estimate of drug-likeness (QED) is 0.587. The van der Waals surface area contributed by atoms with E-state index in [0.717, 1.165) is 0 Å². The molecule has 1 aromatic heterocycles. The molecule has 0 aromatic carbocycles.